The number of rotatable bonds is 3. The molecule has 1 unspecified atom stereocenters. The maximum atomic E-state index is 10.3. The summed E-state index contributed by atoms with van der Waals surface area (Å²) in [6, 6.07) is 0. The molecular formula is C5H8O3S2. The summed E-state index contributed by atoms with van der Waals surface area (Å²) in [6.07, 6.45) is 0. The van der Waals surface area contributed by atoms with E-state index in [-0.39, 0.29) is 10.9 Å². The standard InChI is InChI=1S/C5H8O3S2/c1-3(6)10-2-4(9)5(7)8/h4,9H,2H2,1H3,(H,7,8). The molecule has 58 valence electrons. The second kappa shape index (κ2) is 4.62. The molecule has 5 heteroatoms. The van der Waals surface area contributed by atoms with Gasteiger partial charge in [-0.15, -0.1) is 0 Å². The predicted molar refractivity (Wildman–Crippen MR) is 43.5 cm³/mol. The van der Waals surface area contributed by atoms with E-state index in [4.69, 9.17) is 5.11 Å². The van der Waals surface area contributed by atoms with Crippen LogP contribution >= 0.6 is 24.4 Å². The van der Waals surface area contributed by atoms with Crippen molar-refractivity contribution < 1.29 is 14.7 Å². The minimum Gasteiger partial charge on any atom is -0.480 e. The number of thioether (sulfide) groups is 1. The van der Waals surface area contributed by atoms with Crippen LogP contribution in [-0.2, 0) is 9.59 Å². The van der Waals surface area contributed by atoms with Crippen molar-refractivity contribution in [2.24, 2.45) is 0 Å². The second-order valence-corrected chi connectivity index (χ2v) is 3.48. The molecule has 1 atom stereocenters. The van der Waals surface area contributed by atoms with E-state index in [1.54, 1.807) is 0 Å². The van der Waals surface area contributed by atoms with Crippen LogP contribution in [0.2, 0.25) is 0 Å². The smallest absolute Gasteiger partial charge is 0.317 e. The van der Waals surface area contributed by atoms with Gasteiger partial charge in [-0.25, -0.2) is 0 Å². The predicted octanol–water partition coefficient (Wildman–Crippen LogP) is 0.649. The number of hydrogen-bond donors (Lipinski definition) is 2. The Morgan fingerprint density at radius 2 is 2.20 bits per heavy atom. The van der Waals surface area contributed by atoms with Gasteiger partial charge in [-0.05, 0) is 0 Å². The zero-order valence-electron chi connectivity index (χ0n) is 5.40. The van der Waals surface area contributed by atoms with Gasteiger partial charge < -0.3 is 5.11 Å². The lowest BCUT2D eigenvalue weighted by Crippen LogP contribution is -2.16. The van der Waals surface area contributed by atoms with Crippen molar-refractivity contribution in [1.29, 1.82) is 0 Å². The molecule has 0 amide bonds. The first-order valence-electron chi connectivity index (χ1n) is 2.58. The molecule has 0 saturated heterocycles. The summed E-state index contributed by atoms with van der Waals surface area (Å²) in [5, 5.41) is 7.47. The topological polar surface area (TPSA) is 54.4 Å². The maximum Gasteiger partial charge on any atom is 0.317 e. The summed E-state index contributed by atoms with van der Waals surface area (Å²) in [6.45, 7) is 1.40. The molecule has 0 aromatic heterocycles. The Labute approximate surface area is 68.6 Å². The molecule has 0 saturated carbocycles. The van der Waals surface area contributed by atoms with Gasteiger partial charge in [0.1, 0.15) is 5.25 Å². The van der Waals surface area contributed by atoms with E-state index in [0.717, 1.165) is 11.8 Å². The fourth-order valence-corrected chi connectivity index (χ4v) is 1.03. The van der Waals surface area contributed by atoms with E-state index in [0.29, 0.717) is 0 Å². The van der Waals surface area contributed by atoms with Crippen LogP contribution in [0.4, 0.5) is 0 Å². The molecule has 1 N–H and O–H groups in total. The molecule has 0 aromatic rings. The van der Waals surface area contributed by atoms with Crippen molar-refractivity contribution in [2.75, 3.05) is 5.75 Å². The normalized spacial score (nSPS) is 12.6. The Morgan fingerprint density at radius 1 is 1.70 bits per heavy atom. The van der Waals surface area contributed by atoms with Crippen molar-refractivity contribution in [3.05, 3.63) is 0 Å². The van der Waals surface area contributed by atoms with E-state index < -0.39 is 11.2 Å². The summed E-state index contributed by atoms with van der Waals surface area (Å²) in [5.41, 5.74) is 0. The van der Waals surface area contributed by atoms with Crippen LogP contribution in [-0.4, -0.2) is 27.2 Å². The Balaban J connectivity index is 3.49. The third-order valence-electron chi connectivity index (χ3n) is 0.730. The van der Waals surface area contributed by atoms with E-state index in [9.17, 15) is 9.59 Å². The van der Waals surface area contributed by atoms with Crippen molar-refractivity contribution in [3.63, 3.8) is 0 Å². The van der Waals surface area contributed by atoms with E-state index in [1.165, 1.54) is 6.92 Å². The first-order chi connectivity index (χ1) is 4.54. The summed E-state index contributed by atoms with van der Waals surface area (Å²) < 4.78 is 0. The molecule has 0 bridgehead atoms. The highest BCUT2D eigenvalue weighted by molar-refractivity contribution is 8.14. The molecule has 0 aromatic carbocycles. The van der Waals surface area contributed by atoms with Crippen LogP contribution in [0.5, 0.6) is 0 Å². The second-order valence-electron chi connectivity index (χ2n) is 1.66. The average Bonchev–Trinajstić information content (AvgIpc) is 1.82. The molecule has 0 spiro atoms. The molecule has 0 rings (SSSR count). The van der Waals surface area contributed by atoms with Crippen molar-refractivity contribution in [3.8, 4) is 0 Å². The molecule has 0 aliphatic heterocycles. The summed E-state index contributed by atoms with van der Waals surface area (Å²) in [5.74, 6) is -0.759. The minimum absolute atomic E-state index is 0.0831. The van der Waals surface area contributed by atoms with Gasteiger partial charge in [-0.1, -0.05) is 11.8 Å². The van der Waals surface area contributed by atoms with Gasteiger partial charge in [0.15, 0.2) is 5.12 Å². The largest absolute Gasteiger partial charge is 0.480 e. The van der Waals surface area contributed by atoms with Gasteiger partial charge in [-0.3, -0.25) is 9.59 Å². The fourth-order valence-electron chi connectivity index (χ4n) is 0.268. The Morgan fingerprint density at radius 3 is 2.50 bits per heavy atom. The van der Waals surface area contributed by atoms with Gasteiger partial charge in [0.2, 0.25) is 0 Å². The summed E-state index contributed by atoms with van der Waals surface area (Å²) >= 11 is 4.70. The van der Waals surface area contributed by atoms with Gasteiger partial charge in [-0.2, -0.15) is 12.6 Å². The maximum absolute atomic E-state index is 10.3. The van der Waals surface area contributed by atoms with Gasteiger partial charge in [0.05, 0.1) is 0 Å². The third kappa shape index (κ3) is 4.69. The van der Waals surface area contributed by atoms with Gasteiger partial charge in [0.25, 0.3) is 0 Å². The van der Waals surface area contributed by atoms with Crippen LogP contribution in [0, 0.1) is 0 Å². The Kier molecular flexibility index (Phi) is 4.55. The SMILES string of the molecule is CC(=O)SCC(S)C(=O)O. The van der Waals surface area contributed by atoms with Crippen LogP contribution in [0.15, 0.2) is 0 Å². The highest BCUT2D eigenvalue weighted by Gasteiger charge is 2.12. The van der Waals surface area contributed by atoms with Crippen LogP contribution in [0.25, 0.3) is 0 Å². The lowest BCUT2D eigenvalue weighted by atomic mass is 10.5. The fraction of sp³-hybridized carbons (Fsp3) is 0.600. The first-order valence-corrected chi connectivity index (χ1v) is 4.08. The highest BCUT2D eigenvalue weighted by atomic mass is 32.2. The Hall–Kier alpha value is -0.160. The lowest BCUT2D eigenvalue weighted by Gasteiger charge is -2.00. The van der Waals surface area contributed by atoms with Crippen molar-refractivity contribution in [2.45, 2.75) is 12.2 Å². The van der Waals surface area contributed by atoms with Gasteiger partial charge in [0, 0.05) is 12.7 Å². The number of carboxylic acid groups (broad SMARTS) is 1. The number of carbonyl (C=O) groups excluding carboxylic acids is 1. The van der Waals surface area contributed by atoms with Crippen LogP contribution in [0.1, 0.15) is 6.92 Å². The lowest BCUT2D eigenvalue weighted by molar-refractivity contribution is -0.135. The number of aliphatic carboxylic acids is 1. The zero-order valence-corrected chi connectivity index (χ0v) is 7.11. The molecule has 3 nitrogen and oxygen atoms in total. The first kappa shape index (κ1) is 9.84. The molecule has 0 aliphatic carbocycles. The number of hydrogen-bond acceptors (Lipinski definition) is 4. The number of carboxylic acids is 1. The van der Waals surface area contributed by atoms with E-state index in [1.807, 2.05) is 0 Å². The van der Waals surface area contributed by atoms with Crippen molar-refractivity contribution >= 4 is 35.5 Å². The molecule has 0 radical (unpaired) electrons. The number of carbonyl (C=O) groups is 2. The highest BCUT2D eigenvalue weighted by Crippen LogP contribution is 2.07. The average molecular weight is 180 g/mol. The van der Waals surface area contributed by atoms with E-state index in [2.05, 4.69) is 12.6 Å². The van der Waals surface area contributed by atoms with Crippen LogP contribution in [0.3, 0.4) is 0 Å². The monoisotopic (exact) mass is 180 g/mol. The minimum atomic E-state index is -0.989. The summed E-state index contributed by atoms with van der Waals surface area (Å²) in [4.78, 5) is 20.4. The van der Waals surface area contributed by atoms with Crippen molar-refractivity contribution in [1.82, 2.24) is 0 Å². The Bertz CT molecular complexity index is 146. The summed E-state index contributed by atoms with van der Waals surface area (Å²) in [7, 11) is 0. The number of thiol groups is 1. The molecule has 10 heavy (non-hydrogen) atoms. The molecular weight excluding hydrogens is 172 g/mol. The quantitative estimate of drug-likeness (QED) is 0.626. The third-order valence-corrected chi connectivity index (χ3v) is 2.29. The molecule has 0 heterocycles. The van der Waals surface area contributed by atoms with E-state index >= 15 is 0 Å². The zero-order chi connectivity index (χ0) is 8.15. The van der Waals surface area contributed by atoms with Crippen LogP contribution < -0.4 is 0 Å². The molecule has 0 aliphatic rings. The van der Waals surface area contributed by atoms with Gasteiger partial charge >= 0.3 is 5.97 Å². The molecule has 0 fully saturated rings.